The van der Waals surface area contributed by atoms with E-state index in [2.05, 4.69) is 22.0 Å². The molecule has 1 aliphatic heterocycles. The maximum Gasteiger partial charge on any atom is 0.312 e. The summed E-state index contributed by atoms with van der Waals surface area (Å²) in [6.45, 7) is 1.67. The number of imidazole rings is 1. The summed E-state index contributed by atoms with van der Waals surface area (Å²) in [6, 6.07) is 17.8. The van der Waals surface area contributed by atoms with Gasteiger partial charge in [-0.15, -0.1) is 0 Å². The third-order valence-corrected chi connectivity index (χ3v) is 5.88. The fourth-order valence-electron chi connectivity index (χ4n) is 4.11. The molecule has 150 valence electrons. The van der Waals surface area contributed by atoms with Gasteiger partial charge in [0.1, 0.15) is 5.41 Å². The predicted octanol–water partition coefficient (Wildman–Crippen LogP) is 2.75. The second-order valence-electron chi connectivity index (χ2n) is 7.76. The second-order valence-corrected chi connectivity index (χ2v) is 7.76. The largest absolute Gasteiger partial charge is 0.481 e. The zero-order valence-corrected chi connectivity index (χ0v) is 16.2. The second kappa shape index (κ2) is 8.19. The Kier molecular flexibility index (Phi) is 5.47. The van der Waals surface area contributed by atoms with E-state index < -0.39 is 17.5 Å². The Morgan fingerprint density at radius 3 is 2.48 bits per heavy atom. The molecule has 0 saturated carbocycles. The highest BCUT2D eigenvalue weighted by atomic mass is 16.4. The number of nitrogens with zero attached hydrogens (tertiary/aromatic N) is 3. The number of aromatic nitrogens is 2. The van der Waals surface area contributed by atoms with Gasteiger partial charge in [0.25, 0.3) is 0 Å². The smallest absolute Gasteiger partial charge is 0.312 e. The number of β-amino-alcohol motifs (C(OH)–C–C–N with tert-alkyl or cyclic N) is 1. The highest BCUT2D eigenvalue weighted by Gasteiger charge is 2.48. The van der Waals surface area contributed by atoms with Crippen molar-refractivity contribution in [2.24, 2.45) is 5.41 Å². The average Bonchev–Trinajstić information content (AvgIpc) is 3.26. The Balaban J connectivity index is 1.43. The summed E-state index contributed by atoms with van der Waals surface area (Å²) in [5.41, 5.74) is 1.98. The van der Waals surface area contributed by atoms with Gasteiger partial charge in [-0.25, -0.2) is 4.98 Å². The number of carboxylic acid groups (broad SMARTS) is 1. The Bertz CT molecular complexity index is 941. The molecule has 0 aliphatic carbocycles. The van der Waals surface area contributed by atoms with Crippen LogP contribution in [0.4, 0.5) is 0 Å². The van der Waals surface area contributed by atoms with Gasteiger partial charge in [-0.1, -0.05) is 42.5 Å². The lowest BCUT2D eigenvalue weighted by atomic mass is 9.71. The van der Waals surface area contributed by atoms with Gasteiger partial charge in [-0.2, -0.15) is 0 Å². The summed E-state index contributed by atoms with van der Waals surface area (Å²) in [4.78, 5) is 18.3. The summed E-state index contributed by atoms with van der Waals surface area (Å²) in [5.74, 6) is -0.918. The van der Waals surface area contributed by atoms with Crippen molar-refractivity contribution in [2.45, 2.75) is 25.5 Å². The Hall–Kier alpha value is -2.96. The maximum absolute atomic E-state index is 12.1. The Labute approximate surface area is 170 Å². The molecule has 29 heavy (non-hydrogen) atoms. The molecule has 6 heteroatoms. The molecule has 0 radical (unpaired) electrons. The van der Waals surface area contributed by atoms with Crippen LogP contribution in [-0.2, 0) is 17.8 Å². The molecular formula is C23H25N3O3. The van der Waals surface area contributed by atoms with Crippen LogP contribution < -0.4 is 0 Å². The fraction of sp³-hybridized carbons (Fsp3) is 0.304. The molecule has 4 rings (SSSR count). The molecule has 0 amide bonds. The topological polar surface area (TPSA) is 78.6 Å². The van der Waals surface area contributed by atoms with Crippen molar-refractivity contribution < 1.29 is 15.0 Å². The SMILES string of the molecule is O=C(O)[C@@]1(Cc2ccccc2)CCN(Cc2ccc(-n3ccnc3)cc2)C[C@H]1O. The molecule has 0 bridgehead atoms. The first-order valence-electron chi connectivity index (χ1n) is 9.82. The molecule has 2 aromatic carbocycles. The molecule has 1 saturated heterocycles. The molecule has 1 fully saturated rings. The van der Waals surface area contributed by atoms with Crippen molar-refractivity contribution in [2.75, 3.05) is 13.1 Å². The number of hydrogen-bond donors (Lipinski definition) is 2. The summed E-state index contributed by atoms with van der Waals surface area (Å²) in [5, 5.41) is 20.8. The third-order valence-electron chi connectivity index (χ3n) is 5.88. The van der Waals surface area contributed by atoms with Crippen LogP contribution >= 0.6 is 0 Å². The lowest BCUT2D eigenvalue weighted by Gasteiger charge is -2.43. The number of aliphatic hydroxyl groups excluding tert-OH is 1. The molecule has 0 spiro atoms. The Morgan fingerprint density at radius 1 is 1.10 bits per heavy atom. The fourth-order valence-corrected chi connectivity index (χ4v) is 4.11. The monoisotopic (exact) mass is 391 g/mol. The first kappa shape index (κ1) is 19.4. The number of benzene rings is 2. The van der Waals surface area contributed by atoms with Crippen LogP contribution in [0.25, 0.3) is 5.69 Å². The summed E-state index contributed by atoms with van der Waals surface area (Å²) >= 11 is 0. The molecule has 3 aromatic rings. The number of likely N-dealkylation sites (tertiary alicyclic amines) is 1. The van der Waals surface area contributed by atoms with Crippen LogP contribution in [0.15, 0.2) is 73.3 Å². The average molecular weight is 391 g/mol. The number of rotatable bonds is 6. The molecule has 0 unspecified atom stereocenters. The standard InChI is InChI=1S/C23H25N3O3/c27-21-16-25(15-19-6-8-20(9-7-19)26-13-11-24-17-26)12-10-23(21,22(28)29)14-18-4-2-1-3-5-18/h1-9,11,13,17,21,27H,10,12,14-16H2,(H,28,29)/t21-,23-/m1/s1. The highest BCUT2D eigenvalue weighted by molar-refractivity contribution is 5.76. The van der Waals surface area contributed by atoms with Gasteiger partial charge in [0, 0.05) is 31.2 Å². The van der Waals surface area contributed by atoms with Crippen LogP contribution in [-0.4, -0.2) is 49.8 Å². The van der Waals surface area contributed by atoms with E-state index in [1.807, 2.05) is 53.2 Å². The van der Waals surface area contributed by atoms with E-state index >= 15 is 0 Å². The minimum absolute atomic E-state index is 0.345. The zero-order chi connectivity index (χ0) is 20.3. The van der Waals surface area contributed by atoms with Gasteiger partial charge in [0.05, 0.1) is 12.4 Å². The lowest BCUT2D eigenvalue weighted by Crippen LogP contribution is -2.55. The van der Waals surface area contributed by atoms with Crippen molar-refractivity contribution in [1.82, 2.24) is 14.5 Å². The Morgan fingerprint density at radius 2 is 1.86 bits per heavy atom. The highest BCUT2D eigenvalue weighted by Crippen LogP contribution is 2.36. The van der Waals surface area contributed by atoms with Crippen LogP contribution in [0.1, 0.15) is 17.5 Å². The first-order valence-corrected chi connectivity index (χ1v) is 9.82. The number of carbonyl (C=O) groups is 1. The molecular weight excluding hydrogens is 366 g/mol. The molecule has 2 N–H and O–H groups in total. The van der Waals surface area contributed by atoms with Crippen LogP contribution in [0.5, 0.6) is 0 Å². The summed E-state index contributed by atoms with van der Waals surface area (Å²) < 4.78 is 1.94. The van der Waals surface area contributed by atoms with Crippen molar-refractivity contribution in [3.63, 3.8) is 0 Å². The van der Waals surface area contributed by atoms with E-state index in [4.69, 9.17) is 0 Å². The van der Waals surface area contributed by atoms with Crippen molar-refractivity contribution in [1.29, 1.82) is 0 Å². The van der Waals surface area contributed by atoms with E-state index in [0.29, 0.717) is 32.5 Å². The van der Waals surface area contributed by atoms with Crippen molar-refractivity contribution >= 4 is 5.97 Å². The number of hydrogen-bond acceptors (Lipinski definition) is 4. The van der Waals surface area contributed by atoms with E-state index in [-0.39, 0.29) is 0 Å². The predicted molar refractivity (Wildman–Crippen MR) is 110 cm³/mol. The van der Waals surface area contributed by atoms with E-state index in [1.54, 1.807) is 12.5 Å². The first-order chi connectivity index (χ1) is 14.1. The van der Waals surface area contributed by atoms with E-state index in [1.165, 1.54) is 0 Å². The van der Waals surface area contributed by atoms with E-state index in [9.17, 15) is 15.0 Å². The lowest BCUT2D eigenvalue weighted by molar-refractivity contribution is -0.163. The van der Waals surface area contributed by atoms with Gasteiger partial charge >= 0.3 is 5.97 Å². The van der Waals surface area contributed by atoms with Crippen molar-refractivity contribution in [3.8, 4) is 5.69 Å². The van der Waals surface area contributed by atoms with Gasteiger partial charge in [0.2, 0.25) is 0 Å². The molecule has 2 atom stereocenters. The van der Waals surface area contributed by atoms with E-state index in [0.717, 1.165) is 16.8 Å². The molecule has 1 aromatic heterocycles. The summed E-state index contributed by atoms with van der Waals surface area (Å²) in [6.07, 6.45) is 5.25. The summed E-state index contributed by atoms with van der Waals surface area (Å²) in [7, 11) is 0. The van der Waals surface area contributed by atoms with Crippen LogP contribution in [0, 0.1) is 5.41 Å². The molecule has 6 nitrogen and oxygen atoms in total. The number of aliphatic hydroxyl groups is 1. The van der Waals surface area contributed by atoms with Crippen LogP contribution in [0.2, 0.25) is 0 Å². The zero-order valence-electron chi connectivity index (χ0n) is 16.2. The van der Waals surface area contributed by atoms with Gasteiger partial charge < -0.3 is 14.8 Å². The van der Waals surface area contributed by atoms with Crippen LogP contribution in [0.3, 0.4) is 0 Å². The quantitative estimate of drug-likeness (QED) is 0.676. The minimum atomic E-state index is -1.14. The maximum atomic E-state index is 12.1. The van der Waals surface area contributed by atoms with Crippen molar-refractivity contribution in [3.05, 3.63) is 84.4 Å². The number of piperidine rings is 1. The normalized spacial score (nSPS) is 22.4. The minimum Gasteiger partial charge on any atom is -0.481 e. The number of aliphatic carboxylic acids is 1. The molecule has 2 heterocycles. The van der Waals surface area contributed by atoms with Gasteiger partial charge in [-0.05, 0) is 42.6 Å². The molecule has 1 aliphatic rings. The number of carboxylic acids is 1. The van der Waals surface area contributed by atoms with Gasteiger partial charge in [-0.3, -0.25) is 9.69 Å². The third kappa shape index (κ3) is 4.09. The van der Waals surface area contributed by atoms with Gasteiger partial charge in [0.15, 0.2) is 0 Å².